The maximum atomic E-state index is 13.8. The molecule has 6 heteroatoms. The lowest BCUT2D eigenvalue weighted by molar-refractivity contribution is 0.0278. The number of fused-ring (bicyclic) bond motifs is 1. The SMILES string of the molecule is Cc1ccccc1CN1CCN(C2(c3cncc(Br)c3)C(=O)c3ccccc3C2=O)CC1. The van der Waals surface area contributed by atoms with Gasteiger partial charge in [0, 0.05) is 66.3 Å². The van der Waals surface area contributed by atoms with Gasteiger partial charge >= 0.3 is 0 Å². The number of piperazine rings is 1. The zero-order chi connectivity index (χ0) is 22.3. The van der Waals surface area contributed by atoms with Crippen molar-refractivity contribution in [1.82, 2.24) is 14.8 Å². The second-order valence-corrected chi connectivity index (χ2v) is 9.41. The van der Waals surface area contributed by atoms with Crippen molar-refractivity contribution < 1.29 is 9.59 Å². The van der Waals surface area contributed by atoms with E-state index in [1.807, 2.05) is 18.2 Å². The van der Waals surface area contributed by atoms with Crippen molar-refractivity contribution in [2.75, 3.05) is 26.2 Å². The number of rotatable bonds is 4. The van der Waals surface area contributed by atoms with E-state index in [0.29, 0.717) is 29.8 Å². The first-order valence-electron chi connectivity index (χ1n) is 10.8. The third-order valence-corrected chi connectivity index (χ3v) is 7.13. The quantitative estimate of drug-likeness (QED) is 0.512. The maximum Gasteiger partial charge on any atom is 0.196 e. The van der Waals surface area contributed by atoms with E-state index in [-0.39, 0.29) is 11.6 Å². The van der Waals surface area contributed by atoms with Crippen LogP contribution in [0.5, 0.6) is 0 Å². The summed E-state index contributed by atoms with van der Waals surface area (Å²) in [5, 5.41) is 0. The number of carbonyl (C=O) groups excluding carboxylic acids is 2. The fourth-order valence-corrected chi connectivity index (χ4v) is 5.35. The summed E-state index contributed by atoms with van der Waals surface area (Å²) in [6.45, 7) is 5.83. The largest absolute Gasteiger partial charge is 0.297 e. The number of hydrogen-bond acceptors (Lipinski definition) is 5. The Balaban J connectivity index is 1.48. The van der Waals surface area contributed by atoms with E-state index in [9.17, 15) is 9.59 Å². The summed E-state index contributed by atoms with van der Waals surface area (Å²) in [4.78, 5) is 36.4. The van der Waals surface area contributed by atoms with Crippen molar-refractivity contribution in [1.29, 1.82) is 0 Å². The van der Waals surface area contributed by atoms with Gasteiger partial charge in [-0.15, -0.1) is 0 Å². The summed E-state index contributed by atoms with van der Waals surface area (Å²) >= 11 is 3.47. The highest BCUT2D eigenvalue weighted by Crippen LogP contribution is 2.43. The van der Waals surface area contributed by atoms with Crippen LogP contribution in [0.3, 0.4) is 0 Å². The molecular formula is C26H24BrN3O2. The smallest absolute Gasteiger partial charge is 0.196 e. The van der Waals surface area contributed by atoms with Gasteiger partial charge in [0.1, 0.15) is 0 Å². The molecule has 1 fully saturated rings. The van der Waals surface area contributed by atoms with Crippen molar-refractivity contribution in [2.24, 2.45) is 0 Å². The van der Waals surface area contributed by atoms with Gasteiger partial charge in [0.25, 0.3) is 0 Å². The molecule has 3 aromatic rings. The van der Waals surface area contributed by atoms with E-state index < -0.39 is 5.54 Å². The van der Waals surface area contributed by atoms with Crippen LogP contribution in [0.25, 0.3) is 0 Å². The molecule has 2 heterocycles. The fraction of sp³-hybridized carbons (Fsp3) is 0.269. The average Bonchev–Trinajstić information content (AvgIpc) is 3.04. The van der Waals surface area contributed by atoms with Crippen molar-refractivity contribution in [3.05, 3.63) is 99.3 Å². The van der Waals surface area contributed by atoms with Crippen LogP contribution in [-0.4, -0.2) is 52.5 Å². The zero-order valence-corrected chi connectivity index (χ0v) is 19.5. The number of Topliss-reactive ketones (excluding diaryl/α,β-unsaturated/α-hetero) is 2. The summed E-state index contributed by atoms with van der Waals surface area (Å²) < 4.78 is 0.754. The number of nitrogens with zero attached hydrogens (tertiary/aromatic N) is 3. The number of pyridine rings is 1. The van der Waals surface area contributed by atoms with Crippen LogP contribution < -0.4 is 0 Å². The molecular weight excluding hydrogens is 466 g/mol. The van der Waals surface area contributed by atoms with E-state index in [4.69, 9.17) is 0 Å². The van der Waals surface area contributed by atoms with Crippen LogP contribution in [0.2, 0.25) is 0 Å². The second-order valence-electron chi connectivity index (χ2n) is 8.50. The number of halogens is 1. The lowest BCUT2D eigenvalue weighted by Gasteiger charge is -2.44. The molecule has 1 saturated heterocycles. The monoisotopic (exact) mass is 489 g/mol. The van der Waals surface area contributed by atoms with E-state index in [1.54, 1.807) is 24.5 Å². The summed E-state index contributed by atoms with van der Waals surface area (Å²) in [7, 11) is 0. The molecule has 0 unspecified atom stereocenters. The molecule has 5 nitrogen and oxygen atoms in total. The minimum absolute atomic E-state index is 0.148. The molecule has 1 aliphatic carbocycles. The Bertz CT molecular complexity index is 1170. The predicted molar refractivity (Wildman–Crippen MR) is 127 cm³/mol. The van der Waals surface area contributed by atoms with Crippen LogP contribution >= 0.6 is 15.9 Å². The van der Waals surface area contributed by atoms with Gasteiger partial charge < -0.3 is 0 Å². The third kappa shape index (κ3) is 3.34. The maximum absolute atomic E-state index is 13.8. The molecule has 0 radical (unpaired) electrons. The Morgan fingerprint density at radius 3 is 2.16 bits per heavy atom. The highest BCUT2D eigenvalue weighted by Gasteiger charge is 2.58. The van der Waals surface area contributed by atoms with E-state index >= 15 is 0 Å². The van der Waals surface area contributed by atoms with Gasteiger partial charge in [-0.05, 0) is 40.0 Å². The minimum Gasteiger partial charge on any atom is -0.297 e. The zero-order valence-electron chi connectivity index (χ0n) is 17.9. The lowest BCUT2D eigenvalue weighted by atomic mass is 9.83. The average molecular weight is 490 g/mol. The molecule has 0 amide bonds. The Morgan fingerprint density at radius 1 is 0.906 bits per heavy atom. The number of ketones is 2. The molecule has 0 bridgehead atoms. The number of hydrogen-bond donors (Lipinski definition) is 0. The van der Waals surface area contributed by atoms with Gasteiger partial charge in [-0.3, -0.25) is 24.4 Å². The van der Waals surface area contributed by atoms with Gasteiger partial charge in [0.05, 0.1) is 0 Å². The van der Waals surface area contributed by atoms with Crippen molar-refractivity contribution >= 4 is 27.5 Å². The molecule has 1 aliphatic heterocycles. The topological polar surface area (TPSA) is 53.5 Å². The molecule has 0 atom stereocenters. The summed E-state index contributed by atoms with van der Waals surface area (Å²) in [6.07, 6.45) is 3.33. The first-order chi connectivity index (χ1) is 15.5. The van der Waals surface area contributed by atoms with Gasteiger partial charge in [-0.1, -0.05) is 48.5 Å². The number of benzene rings is 2. The lowest BCUT2D eigenvalue weighted by Crippen LogP contribution is -2.60. The van der Waals surface area contributed by atoms with E-state index in [0.717, 1.165) is 24.1 Å². The Hall–Kier alpha value is -2.67. The van der Waals surface area contributed by atoms with Gasteiger partial charge in [0.15, 0.2) is 17.1 Å². The summed E-state index contributed by atoms with van der Waals surface area (Å²) in [5.74, 6) is -0.296. The highest BCUT2D eigenvalue weighted by molar-refractivity contribution is 9.10. The highest BCUT2D eigenvalue weighted by atomic mass is 79.9. The normalized spacial score (nSPS) is 18.7. The first-order valence-corrected chi connectivity index (χ1v) is 11.6. The molecule has 0 saturated carbocycles. The van der Waals surface area contributed by atoms with Gasteiger partial charge in [0.2, 0.25) is 0 Å². The van der Waals surface area contributed by atoms with Crippen molar-refractivity contribution in [3.8, 4) is 0 Å². The van der Waals surface area contributed by atoms with E-state index in [1.165, 1.54) is 11.1 Å². The standard InChI is InChI=1S/C26H24BrN3O2/c1-18-6-2-3-7-19(18)17-29-10-12-30(13-11-29)26(20-14-21(27)16-28-15-20)24(31)22-8-4-5-9-23(22)25(26)32/h2-9,14-16H,10-13,17H2,1H3. The molecule has 2 aromatic carbocycles. The molecule has 0 spiro atoms. The Kier molecular flexibility index (Phi) is 5.53. The van der Waals surface area contributed by atoms with Crippen LogP contribution in [0.4, 0.5) is 0 Å². The number of aryl methyl sites for hydroxylation is 1. The van der Waals surface area contributed by atoms with E-state index in [2.05, 4.69) is 61.9 Å². The van der Waals surface area contributed by atoms with Crippen LogP contribution in [0.1, 0.15) is 37.4 Å². The third-order valence-electron chi connectivity index (χ3n) is 6.70. The molecule has 32 heavy (non-hydrogen) atoms. The molecule has 1 aromatic heterocycles. The fourth-order valence-electron chi connectivity index (χ4n) is 4.98. The first kappa shape index (κ1) is 21.2. The van der Waals surface area contributed by atoms with Gasteiger partial charge in [-0.25, -0.2) is 0 Å². The Labute approximate surface area is 196 Å². The second kappa shape index (κ2) is 8.35. The number of carbonyl (C=O) groups is 2. The number of aromatic nitrogens is 1. The van der Waals surface area contributed by atoms with Crippen LogP contribution in [-0.2, 0) is 12.1 Å². The molecule has 0 N–H and O–H groups in total. The molecule has 2 aliphatic rings. The summed E-state index contributed by atoms with van der Waals surface area (Å²) in [6, 6.07) is 17.4. The van der Waals surface area contributed by atoms with Crippen molar-refractivity contribution in [3.63, 3.8) is 0 Å². The molecule has 5 rings (SSSR count). The summed E-state index contributed by atoms with van der Waals surface area (Å²) in [5.41, 5.74) is 2.87. The Morgan fingerprint density at radius 2 is 1.53 bits per heavy atom. The van der Waals surface area contributed by atoms with Gasteiger partial charge in [-0.2, -0.15) is 0 Å². The predicted octanol–water partition coefficient (Wildman–Crippen LogP) is 4.24. The molecule has 162 valence electrons. The van der Waals surface area contributed by atoms with Crippen LogP contribution in [0.15, 0.2) is 71.5 Å². The van der Waals surface area contributed by atoms with Crippen LogP contribution in [0, 0.1) is 6.92 Å². The van der Waals surface area contributed by atoms with Crippen molar-refractivity contribution in [2.45, 2.75) is 19.0 Å². The minimum atomic E-state index is -1.35.